The zero-order valence-electron chi connectivity index (χ0n) is 11.6. The smallest absolute Gasteiger partial charge is 0.232 e. The van der Waals surface area contributed by atoms with Crippen molar-refractivity contribution in [1.82, 2.24) is 4.90 Å². The van der Waals surface area contributed by atoms with Gasteiger partial charge in [0, 0.05) is 31.4 Å². The van der Waals surface area contributed by atoms with Gasteiger partial charge in [0.25, 0.3) is 0 Å². The van der Waals surface area contributed by atoms with E-state index in [-0.39, 0.29) is 24.5 Å². The molecule has 1 aromatic rings. The number of carbonyl (C=O) groups is 1. The Morgan fingerprint density at radius 1 is 1.47 bits per heavy atom. The van der Waals surface area contributed by atoms with Gasteiger partial charge in [0.15, 0.2) is 0 Å². The topological polar surface area (TPSA) is 52.6 Å². The van der Waals surface area contributed by atoms with Crippen LogP contribution in [-0.2, 0) is 4.79 Å². The lowest BCUT2D eigenvalue weighted by molar-refractivity contribution is -0.134. The Bertz CT molecular complexity index is 446. The molecule has 2 N–H and O–H groups in total. The number of fused-ring (bicyclic) bond motifs is 1. The first-order valence-electron chi connectivity index (χ1n) is 6.89. The molecule has 0 saturated heterocycles. The SMILES string of the molecule is CC(C)N(CCCO)C(=O)C1CNc2ccccc21. The van der Waals surface area contributed by atoms with Crippen molar-refractivity contribution in [2.45, 2.75) is 32.2 Å². The normalized spacial score (nSPS) is 17.2. The molecule has 4 heteroatoms. The maximum Gasteiger partial charge on any atom is 0.232 e. The van der Waals surface area contributed by atoms with Crippen LogP contribution in [0.5, 0.6) is 0 Å². The first-order chi connectivity index (χ1) is 9.15. The van der Waals surface area contributed by atoms with E-state index in [4.69, 9.17) is 5.11 Å². The standard InChI is InChI=1S/C15H22N2O2/c1-11(2)17(8-5-9-18)15(19)13-10-16-14-7-4-3-6-12(13)14/h3-4,6-7,11,13,16,18H,5,8-10H2,1-2H3. The van der Waals surface area contributed by atoms with Gasteiger partial charge in [-0.15, -0.1) is 0 Å². The molecule has 1 heterocycles. The number of benzene rings is 1. The molecule has 0 aromatic heterocycles. The van der Waals surface area contributed by atoms with Gasteiger partial charge in [0.1, 0.15) is 0 Å². The van der Waals surface area contributed by atoms with Gasteiger partial charge >= 0.3 is 0 Å². The van der Waals surface area contributed by atoms with Crippen molar-refractivity contribution in [2.75, 3.05) is 25.0 Å². The van der Waals surface area contributed by atoms with Crippen LogP contribution in [0.2, 0.25) is 0 Å². The Morgan fingerprint density at radius 2 is 2.21 bits per heavy atom. The van der Waals surface area contributed by atoms with E-state index in [1.54, 1.807) is 0 Å². The van der Waals surface area contributed by atoms with Gasteiger partial charge in [-0.05, 0) is 31.9 Å². The van der Waals surface area contributed by atoms with Crippen LogP contribution in [0.1, 0.15) is 31.7 Å². The van der Waals surface area contributed by atoms with Crippen LogP contribution in [-0.4, -0.2) is 41.7 Å². The average Bonchev–Trinajstić information content (AvgIpc) is 2.82. The van der Waals surface area contributed by atoms with Gasteiger partial charge in [-0.2, -0.15) is 0 Å². The van der Waals surface area contributed by atoms with E-state index >= 15 is 0 Å². The molecule has 1 unspecified atom stereocenters. The lowest BCUT2D eigenvalue weighted by Crippen LogP contribution is -2.41. The fourth-order valence-electron chi connectivity index (χ4n) is 2.57. The molecule has 1 aliphatic rings. The van der Waals surface area contributed by atoms with Gasteiger partial charge < -0.3 is 15.3 Å². The Morgan fingerprint density at radius 3 is 2.89 bits per heavy atom. The first kappa shape index (κ1) is 13.9. The fourth-order valence-corrected chi connectivity index (χ4v) is 2.57. The number of aliphatic hydroxyl groups excluding tert-OH is 1. The largest absolute Gasteiger partial charge is 0.396 e. The Hall–Kier alpha value is -1.55. The van der Waals surface area contributed by atoms with Crippen molar-refractivity contribution < 1.29 is 9.90 Å². The highest BCUT2D eigenvalue weighted by molar-refractivity contribution is 5.88. The summed E-state index contributed by atoms with van der Waals surface area (Å²) in [5, 5.41) is 12.2. The van der Waals surface area contributed by atoms with Crippen molar-refractivity contribution in [1.29, 1.82) is 0 Å². The first-order valence-corrected chi connectivity index (χ1v) is 6.89. The number of aliphatic hydroxyl groups is 1. The van der Waals surface area contributed by atoms with E-state index < -0.39 is 0 Å². The molecule has 0 spiro atoms. The second kappa shape index (κ2) is 6.06. The lowest BCUT2D eigenvalue weighted by Gasteiger charge is -2.29. The third-order valence-corrected chi connectivity index (χ3v) is 3.59. The molecule has 0 radical (unpaired) electrons. The quantitative estimate of drug-likeness (QED) is 0.851. The van der Waals surface area contributed by atoms with Gasteiger partial charge in [-0.3, -0.25) is 4.79 Å². The van der Waals surface area contributed by atoms with Crippen molar-refractivity contribution in [3.05, 3.63) is 29.8 Å². The summed E-state index contributed by atoms with van der Waals surface area (Å²) in [6.07, 6.45) is 0.631. The molecule has 1 atom stereocenters. The van der Waals surface area contributed by atoms with E-state index in [0.29, 0.717) is 19.5 Å². The molecule has 19 heavy (non-hydrogen) atoms. The zero-order chi connectivity index (χ0) is 13.8. The van der Waals surface area contributed by atoms with E-state index in [1.165, 1.54) is 0 Å². The molecule has 1 amide bonds. The van der Waals surface area contributed by atoms with Gasteiger partial charge in [-0.25, -0.2) is 0 Å². The number of amides is 1. The predicted molar refractivity (Wildman–Crippen MR) is 76.2 cm³/mol. The Labute approximate surface area is 114 Å². The minimum atomic E-state index is -0.0997. The van der Waals surface area contributed by atoms with Crippen molar-refractivity contribution in [3.8, 4) is 0 Å². The molecular weight excluding hydrogens is 240 g/mol. The van der Waals surface area contributed by atoms with Gasteiger partial charge in [-0.1, -0.05) is 18.2 Å². The molecule has 2 rings (SSSR count). The molecule has 1 aromatic carbocycles. The van der Waals surface area contributed by atoms with Crippen LogP contribution in [0.4, 0.5) is 5.69 Å². The summed E-state index contributed by atoms with van der Waals surface area (Å²) < 4.78 is 0. The van der Waals surface area contributed by atoms with E-state index in [9.17, 15) is 4.79 Å². The highest BCUT2D eigenvalue weighted by atomic mass is 16.3. The summed E-state index contributed by atoms with van der Waals surface area (Å²) in [7, 11) is 0. The minimum Gasteiger partial charge on any atom is -0.396 e. The van der Waals surface area contributed by atoms with Crippen LogP contribution >= 0.6 is 0 Å². The maximum atomic E-state index is 12.7. The van der Waals surface area contributed by atoms with Crippen LogP contribution in [0.25, 0.3) is 0 Å². The van der Waals surface area contributed by atoms with Crippen LogP contribution in [0.3, 0.4) is 0 Å². The molecular formula is C15H22N2O2. The third-order valence-electron chi connectivity index (χ3n) is 3.59. The molecule has 0 bridgehead atoms. The van der Waals surface area contributed by atoms with Crippen molar-refractivity contribution in [3.63, 3.8) is 0 Å². The molecule has 1 aliphatic heterocycles. The number of hydrogen-bond acceptors (Lipinski definition) is 3. The van der Waals surface area contributed by atoms with E-state index in [1.807, 2.05) is 43.0 Å². The van der Waals surface area contributed by atoms with Gasteiger partial charge in [0.05, 0.1) is 5.92 Å². The number of rotatable bonds is 5. The predicted octanol–water partition coefficient (Wildman–Crippen LogP) is 1.82. The van der Waals surface area contributed by atoms with Gasteiger partial charge in [0.2, 0.25) is 5.91 Å². The summed E-state index contributed by atoms with van der Waals surface area (Å²) in [4.78, 5) is 14.5. The molecule has 4 nitrogen and oxygen atoms in total. The number of anilines is 1. The molecule has 0 aliphatic carbocycles. The maximum absolute atomic E-state index is 12.7. The lowest BCUT2D eigenvalue weighted by atomic mass is 9.99. The zero-order valence-corrected chi connectivity index (χ0v) is 11.6. The average molecular weight is 262 g/mol. The van der Waals surface area contributed by atoms with E-state index in [2.05, 4.69) is 5.32 Å². The summed E-state index contributed by atoms with van der Waals surface area (Å²) in [6.45, 7) is 5.44. The molecule has 0 fully saturated rings. The minimum absolute atomic E-state index is 0.0997. The Balaban J connectivity index is 2.15. The van der Waals surface area contributed by atoms with Crippen molar-refractivity contribution >= 4 is 11.6 Å². The summed E-state index contributed by atoms with van der Waals surface area (Å²) in [5.74, 6) is 0.0539. The summed E-state index contributed by atoms with van der Waals surface area (Å²) >= 11 is 0. The van der Waals surface area contributed by atoms with Crippen LogP contribution < -0.4 is 5.32 Å². The highest BCUT2D eigenvalue weighted by Crippen LogP contribution is 2.32. The van der Waals surface area contributed by atoms with Crippen LogP contribution in [0.15, 0.2) is 24.3 Å². The monoisotopic (exact) mass is 262 g/mol. The fraction of sp³-hybridized carbons (Fsp3) is 0.533. The number of nitrogens with zero attached hydrogens (tertiary/aromatic N) is 1. The third kappa shape index (κ3) is 2.89. The highest BCUT2D eigenvalue weighted by Gasteiger charge is 2.32. The summed E-state index contributed by atoms with van der Waals surface area (Å²) in [5.41, 5.74) is 2.15. The van der Waals surface area contributed by atoms with E-state index in [0.717, 1.165) is 11.3 Å². The molecule has 104 valence electrons. The number of carbonyl (C=O) groups excluding carboxylic acids is 1. The second-order valence-electron chi connectivity index (χ2n) is 5.22. The number of hydrogen-bond donors (Lipinski definition) is 2. The number of nitrogens with one attached hydrogen (secondary N) is 1. The second-order valence-corrected chi connectivity index (χ2v) is 5.22. The van der Waals surface area contributed by atoms with Crippen LogP contribution in [0, 0.1) is 0 Å². The van der Waals surface area contributed by atoms with Crippen molar-refractivity contribution in [2.24, 2.45) is 0 Å². The summed E-state index contributed by atoms with van der Waals surface area (Å²) in [6, 6.07) is 8.13. The number of para-hydroxylation sites is 1. The Kier molecular flexibility index (Phi) is 4.43. The molecule has 0 saturated carbocycles.